The van der Waals surface area contributed by atoms with Crippen molar-refractivity contribution in [1.29, 1.82) is 0 Å². The van der Waals surface area contributed by atoms with E-state index in [1.807, 2.05) is 0 Å². The number of phosphoric acid groups is 1. The molecular formula is C10H16N5O6P. The monoisotopic (exact) mass is 333 g/mol. The lowest BCUT2D eigenvalue weighted by atomic mass is 10.2. The van der Waals surface area contributed by atoms with Crippen molar-refractivity contribution in [2.45, 2.75) is 31.0 Å². The summed E-state index contributed by atoms with van der Waals surface area (Å²) >= 11 is 0. The second-order valence-electron chi connectivity index (χ2n) is 4.97. The number of nitrogens with one attached hydrogen (secondary N) is 1. The van der Waals surface area contributed by atoms with E-state index in [0.717, 1.165) is 0 Å². The Morgan fingerprint density at radius 1 is 1.59 bits per heavy atom. The number of hydrogen-bond donors (Lipinski definition) is 5. The fourth-order valence-electron chi connectivity index (χ4n) is 2.41. The van der Waals surface area contributed by atoms with Crippen molar-refractivity contribution in [3.8, 4) is 0 Å². The zero-order valence-electron chi connectivity index (χ0n) is 11.3. The smallest absolute Gasteiger partial charge is 0.390 e. The van der Waals surface area contributed by atoms with Crippen molar-refractivity contribution in [1.82, 2.24) is 9.55 Å². The molecule has 3 heterocycles. The van der Waals surface area contributed by atoms with E-state index < -0.39 is 39.0 Å². The summed E-state index contributed by atoms with van der Waals surface area (Å²) in [7, 11) is -4.61. The van der Waals surface area contributed by atoms with E-state index in [9.17, 15) is 9.67 Å². The molecule has 0 saturated carbocycles. The lowest BCUT2D eigenvalue weighted by molar-refractivity contribution is -0.0429. The third kappa shape index (κ3) is 3.06. The molecule has 1 saturated heterocycles. The largest absolute Gasteiger partial charge is 0.469 e. The van der Waals surface area contributed by atoms with E-state index in [1.54, 1.807) is 4.57 Å². The van der Waals surface area contributed by atoms with E-state index >= 15 is 0 Å². The minimum atomic E-state index is -4.61. The van der Waals surface area contributed by atoms with Gasteiger partial charge in [0, 0.05) is 6.42 Å². The van der Waals surface area contributed by atoms with Crippen molar-refractivity contribution in [2.75, 3.05) is 11.9 Å². The van der Waals surface area contributed by atoms with Crippen LogP contribution >= 0.6 is 7.82 Å². The van der Waals surface area contributed by atoms with Crippen LogP contribution in [0.4, 0.5) is 5.82 Å². The number of hydrogen-bond acceptors (Lipinski definition) is 8. The van der Waals surface area contributed by atoms with Gasteiger partial charge in [-0.2, -0.15) is 0 Å². The number of nitrogens with zero attached hydrogens (tertiary/aromatic N) is 3. The van der Waals surface area contributed by atoms with Gasteiger partial charge in [0.05, 0.1) is 25.4 Å². The summed E-state index contributed by atoms with van der Waals surface area (Å²) in [4.78, 5) is 25.5. The number of imidazole rings is 1. The lowest BCUT2D eigenvalue weighted by Gasteiger charge is -2.19. The van der Waals surface area contributed by atoms with Crippen molar-refractivity contribution < 1.29 is 28.7 Å². The van der Waals surface area contributed by atoms with Gasteiger partial charge in [-0.25, -0.2) is 9.55 Å². The molecule has 12 heteroatoms. The van der Waals surface area contributed by atoms with Crippen LogP contribution in [0.2, 0.25) is 0 Å². The van der Waals surface area contributed by atoms with Crippen LogP contribution in [-0.2, 0) is 13.8 Å². The molecule has 22 heavy (non-hydrogen) atoms. The maximum absolute atomic E-state index is 10.7. The van der Waals surface area contributed by atoms with Crippen LogP contribution in [0.5, 0.6) is 0 Å². The van der Waals surface area contributed by atoms with Gasteiger partial charge in [-0.05, 0) is 0 Å². The van der Waals surface area contributed by atoms with E-state index in [2.05, 4.69) is 19.8 Å². The summed E-state index contributed by atoms with van der Waals surface area (Å²) in [5.41, 5.74) is 6.35. The first-order chi connectivity index (χ1) is 10.3. The molecular weight excluding hydrogens is 317 g/mol. The van der Waals surface area contributed by atoms with Crippen LogP contribution < -0.4 is 11.1 Å². The predicted molar refractivity (Wildman–Crippen MR) is 73.8 cm³/mol. The molecule has 11 nitrogen and oxygen atoms in total. The minimum Gasteiger partial charge on any atom is -0.390 e. The third-order valence-corrected chi connectivity index (χ3v) is 3.95. The highest BCUT2D eigenvalue weighted by Crippen LogP contribution is 2.39. The summed E-state index contributed by atoms with van der Waals surface area (Å²) < 4.78 is 22.3. The quantitative estimate of drug-likeness (QED) is 0.437. The second-order valence-corrected chi connectivity index (χ2v) is 6.21. The second kappa shape index (κ2) is 5.70. The summed E-state index contributed by atoms with van der Waals surface area (Å²) in [6, 6.07) is 0. The SMILES string of the molecule is N[C@@H]1N=CNc2c1ncn2[C@H]1C[C@H](O)[C@@H](COP(=O)(O)O)O1. The molecule has 0 aromatic carbocycles. The Kier molecular flexibility index (Phi) is 4.03. The van der Waals surface area contributed by atoms with Crippen molar-refractivity contribution in [3.63, 3.8) is 0 Å². The maximum Gasteiger partial charge on any atom is 0.469 e. The fourth-order valence-corrected chi connectivity index (χ4v) is 2.76. The Morgan fingerprint density at radius 2 is 2.36 bits per heavy atom. The zero-order chi connectivity index (χ0) is 15.9. The molecule has 0 aliphatic carbocycles. The lowest BCUT2D eigenvalue weighted by Crippen LogP contribution is -2.26. The first kappa shape index (κ1) is 15.6. The molecule has 1 aromatic heterocycles. The topological polar surface area (TPSA) is 164 Å². The predicted octanol–water partition coefficient (Wildman–Crippen LogP) is -0.948. The fraction of sp³-hybridized carbons (Fsp3) is 0.600. The zero-order valence-corrected chi connectivity index (χ0v) is 12.2. The molecule has 0 radical (unpaired) electrons. The molecule has 0 spiro atoms. The van der Waals surface area contributed by atoms with Gasteiger partial charge in [0.15, 0.2) is 0 Å². The van der Waals surface area contributed by atoms with Gasteiger partial charge in [0.1, 0.15) is 30.0 Å². The van der Waals surface area contributed by atoms with Gasteiger partial charge >= 0.3 is 7.82 Å². The number of fused-ring (bicyclic) bond motifs is 1. The number of aromatic nitrogens is 2. The highest BCUT2D eigenvalue weighted by Gasteiger charge is 2.38. The molecule has 0 unspecified atom stereocenters. The number of rotatable bonds is 4. The molecule has 6 N–H and O–H groups in total. The Hall–Kier alpha value is -1.33. The van der Waals surface area contributed by atoms with Crippen LogP contribution in [0.15, 0.2) is 11.3 Å². The van der Waals surface area contributed by atoms with E-state index in [0.29, 0.717) is 11.5 Å². The normalized spacial score (nSPS) is 31.1. The molecule has 4 atom stereocenters. The number of ether oxygens (including phenoxy) is 1. The maximum atomic E-state index is 10.7. The first-order valence-corrected chi connectivity index (χ1v) is 8.02. The number of anilines is 1. The number of aliphatic hydroxyl groups excluding tert-OH is 1. The Labute approximate surface area is 125 Å². The van der Waals surface area contributed by atoms with E-state index in [-0.39, 0.29) is 6.42 Å². The molecule has 122 valence electrons. The average molecular weight is 333 g/mol. The minimum absolute atomic E-state index is 0.228. The number of nitrogens with two attached hydrogens (primary N) is 1. The number of aliphatic imine (C=N–C) groups is 1. The molecule has 0 amide bonds. The molecule has 1 aromatic rings. The first-order valence-electron chi connectivity index (χ1n) is 6.49. The summed E-state index contributed by atoms with van der Waals surface area (Å²) in [6.07, 6.45) is 0.301. The third-order valence-electron chi connectivity index (χ3n) is 3.46. The molecule has 2 aliphatic rings. The summed E-state index contributed by atoms with van der Waals surface area (Å²) in [5, 5.41) is 12.9. The van der Waals surface area contributed by atoms with Crippen molar-refractivity contribution in [2.24, 2.45) is 10.7 Å². The van der Waals surface area contributed by atoms with Crippen LogP contribution in [0, 0.1) is 0 Å². The van der Waals surface area contributed by atoms with Gasteiger partial charge in [0.25, 0.3) is 0 Å². The van der Waals surface area contributed by atoms with Crippen LogP contribution in [0.25, 0.3) is 0 Å². The van der Waals surface area contributed by atoms with Gasteiger partial charge in [-0.3, -0.25) is 14.1 Å². The standard InChI is InChI=1S/C10H16N5O6P/c11-9-8-10(13-3-12-9)15(4-14-8)7-1-5(16)6(21-7)2-20-22(17,18)19/h3-7,9,16H,1-2,11H2,(H,12,13)(H2,17,18,19)/t5-,6+,7+,9+/m0/s1. The van der Waals surface area contributed by atoms with Gasteiger partial charge in [-0.15, -0.1) is 0 Å². The number of aliphatic hydroxyl groups is 1. The van der Waals surface area contributed by atoms with Gasteiger partial charge in [-0.1, -0.05) is 0 Å². The Balaban J connectivity index is 1.72. The molecule has 3 rings (SSSR count). The Bertz CT molecular complexity index is 629. The molecule has 0 bridgehead atoms. The van der Waals surface area contributed by atoms with Crippen molar-refractivity contribution in [3.05, 3.63) is 12.0 Å². The molecule has 1 fully saturated rings. The average Bonchev–Trinajstić information content (AvgIpc) is 3.00. The highest BCUT2D eigenvalue weighted by molar-refractivity contribution is 7.46. The van der Waals surface area contributed by atoms with E-state index in [1.165, 1.54) is 12.7 Å². The van der Waals surface area contributed by atoms with Crippen LogP contribution in [-0.4, -0.2) is 49.6 Å². The van der Waals surface area contributed by atoms with Gasteiger partial charge < -0.3 is 30.7 Å². The highest BCUT2D eigenvalue weighted by atomic mass is 31.2. The number of phosphoric ester groups is 1. The summed E-state index contributed by atoms with van der Waals surface area (Å²) in [5.74, 6) is 0.608. The van der Waals surface area contributed by atoms with Crippen molar-refractivity contribution >= 4 is 20.0 Å². The Morgan fingerprint density at radius 3 is 3.09 bits per heavy atom. The summed E-state index contributed by atoms with van der Waals surface area (Å²) in [6.45, 7) is -0.409. The van der Waals surface area contributed by atoms with E-state index in [4.69, 9.17) is 20.3 Å². The van der Waals surface area contributed by atoms with Gasteiger partial charge in [0.2, 0.25) is 0 Å². The molecule has 2 aliphatic heterocycles. The van der Waals surface area contributed by atoms with Crippen LogP contribution in [0.1, 0.15) is 24.5 Å². The van der Waals surface area contributed by atoms with Crippen LogP contribution in [0.3, 0.4) is 0 Å².